The molecule has 300 valence electrons. The minimum Gasteiger partial charge on any atom is -0.495 e. The molecular formula is C39H57ClN2O11Si. The third-order valence-corrected chi connectivity index (χ3v) is 12.4. The molecule has 1 aromatic carbocycles. The number of benzene rings is 1. The number of carbonyl (C=O) groups is 4. The zero-order valence-electron chi connectivity index (χ0n) is 33.0. The number of hydrogen-bond acceptors (Lipinski definition) is 11. The number of unbranched alkanes of at least 4 members (excludes halogenated alkanes) is 1. The number of ether oxygens (including phenoxy) is 6. The minimum absolute atomic E-state index is 0.0157. The second kappa shape index (κ2) is 18.0. The first kappa shape index (κ1) is 43.3. The van der Waals surface area contributed by atoms with E-state index in [1.165, 1.54) is 19.1 Å². The Morgan fingerprint density at radius 1 is 1.13 bits per heavy atom. The molecule has 1 aromatic rings. The van der Waals surface area contributed by atoms with E-state index in [0.717, 1.165) is 17.2 Å². The molecule has 2 N–H and O–H groups in total. The van der Waals surface area contributed by atoms with E-state index in [9.17, 15) is 24.3 Å². The fourth-order valence-corrected chi connectivity index (χ4v) is 7.93. The Hall–Kier alpha value is -3.43. The van der Waals surface area contributed by atoms with Crippen molar-refractivity contribution >= 4 is 49.3 Å². The van der Waals surface area contributed by atoms with Crippen LogP contribution in [-0.4, -0.2) is 101 Å². The molecule has 15 heteroatoms. The predicted octanol–water partition coefficient (Wildman–Crippen LogP) is 6.11. The van der Waals surface area contributed by atoms with Crippen LogP contribution in [0.25, 0.3) is 0 Å². The number of fused-ring (bicyclic) bond motifs is 5. The minimum atomic E-state index is -1.81. The highest BCUT2D eigenvalue weighted by Gasteiger charge is 2.64. The lowest BCUT2D eigenvalue weighted by Crippen LogP contribution is -2.63. The maximum Gasteiger partial charge on any atom is 0.409 e. The van der Waals surface area contributed by atoms with Gasteiger partial charge >= 0.3 is 18.0 Å². The maximum absolute atomic E-state index is 14.1. The number of amides is 2. The van der Waals surface area contributed by atoms with Crippen LogP contribution in [0.2, 0.25) is 30.7 Å². The molecule has 0 aliphatic carbocycles. The van der Waals surface area contributed by atoms with E-state index in [1.807, 2.05) is 26.0 Å². The highest BCUT2D eigenvalue weighted by Crippen LogP contribution is 2.49. The number of carbonyl (C=O) groups excluding carboxylic acids is 4. The summed E-state index contributed by atoms with van der Waals surface area (Å²) in [5.74, 6) is -1.34. The van der Waals surface area contributed by atoms with Gasteiger partial charge in [0, 0.05) is 47.4 Å². The molecule has 2 saturated heterocycles. The third kappa shape index (κ3) is 11.1. The summed E-state index contributed by atoms with van der Waals surface area (Å²) in [5.41, 5.74) is -0.774. The van der Waals surface area contributed by atoms with Gasteiger partial charge in [0.2, 0.25) is 5.91 Å². The van der Waals surface area contributed by atoms with Crippen LogP contribution in [0.1, 0.15) is 64.9 Å². The topological polar surface area (TPSA) is 162 Å². The number of allylic oxidation sites excluding steroid dienone is 3. The molecule has 2 amide bonds. The van der Waals surface area contributed by atoms with Crippen molar-refractivity contribution in [2.24, 2.45) is 5.92 Å². The number of nitrogens with one attached hydrogen (secondary N) is 1. The molecule has 4 rings (SSSR count). The SMILES string of the molecule is COc1cc2cc(c1Cl)N(C)C(=O)C[C@H](OC(=O)CCCCC(=O)OCC[Si](C)(C)C)[C@]1(C)O[C@H]1[C@H](C)[C@@H]1C[C@@](O)(NC(=O)O1)[C@H](OC)/C=C/C=C(\C)C2. The third-order valence-electron chi connectivity index (χ3n) is 10.4. The van der Waals surface area contributed by atoms with Gasteiger partial charge in [0.25, 0.3) is 0 Å². The number of epoxide rings is 1. The monoisotopic (exact) mass is 792 g/mol. The Balaban J connectivity index is 1.61. The molecule has 3 heterocycles. The molecule has 7 atom stereocenters. The molecule has 0 unspecified atom stereocenters. The van der Waals surface area contributed by atoms with Gasteiger partial charge in [-0.25, -0.2) is 4.79 Å². The number of hydrogen-bond donors (Lipinski definition) is 2. The average Bonchev–Trinajstić information content (AvgIpc) is 3.79. The number of methoxy groups -OCH3 is 2. The first-order valence-corrected chi connectivity index (χ1v) is 22.6. The normalized spacial score (nSPS) is 30.5. The number of anilines is 1. The van der Waals surface area contributed by atoms with Crippen LogP contribution in [0.15, 0.2) is 35.9 Å². The van der Waals surface area contributed by atoms with Gasteiger partial charge in [0.05, 0.1) is 31.9 Å². The van der Waals surface area contributed by atoms with E-state index >= 15 is 0 Å². The number of halogens is 1. The second-order valence-corrected chi connectivity index (χ2v) is 22.0. The van der Waals surface area contributed by atoms with Crippen molar-refractivity contribution in [1.82, 2.24) is 5.32 Å². The number of aliphatic hydroxyl groups is 1. The van der Waals surface area contributed by atoms with Crippen molar-refractivity contribution < 1.29 is 52.7 Å². The summed E-state index contributed by atoms with van der Waals surface area (Å²) in [7, 11) is 3.20. The van der Waals surface area contributed by atoms with E-state index in [2.05, 4.69) is 25.0 Å². The van der Waals surface area contributed by atoms with Crippen LogP contribution < -0.4 is 15.0 Å². The Labute approximate surface area is 324 Å². The summed E-state index contributed by atoms with van der Waals surface area (Å²) >= 11 is 6.75. The largest absolute Gasteiger partial charge is 0.495 e. The lowest BCUT2D eigenvalue weighted by Gasteiger charge is -2.42. The van der Waals surface area contributed by atoms with Gasteiger partial charge in [-0.1, -0.05) is 62.0 Å². The van der Waals surface area contributed by atoms with E-state index < -0.39 is 67.7 Å². The van der Waals surface area contributed by atoms with Crippen LogP contribution >= 0.6 is 11.6 Å². The number of nitrogens with zero attached hydrogens (tertiary/aromatic N) is 1. The first-order valence-electron chi connectivity index (χ1n) is 18.5. The van der Waals surface area contributed by atoms with Crippen LogP contribution in [0.3, 0.4) is 0 Å². The van der Waals surface area contributed by atoms with Crippen molar-refractivity contribution in [3.63, 3.8) is 0 Å². The Kier molecular flexibility index (Phi) is 14.4. The van der Waals surface area contributed by atoms with Crippen molar-refractivity contribution in [3.05, 3.63) is 46.5 Å². The van der Waals surface area contributed by atoms with E-state index in [4.69, 9.17) is 40.0 Å². The molecule has 0 saturated carbocycles. The van der Waals surface area contributed by atoms with Gasteiger partial charge in [-0.05, 0) is 56.9 Å². The van der Waals surface area contributed by atoms with E-state index in [1.54, 1.807) is 32.2 Å². The molecular weight excluding hydrogens is 736 g/mol. The number of alkyl carbamates (subject to hydrolysis) is 1. The standard InChI is InChI=1S/C39H57ClN2O11Si/c1-24-13-12-14-30(49-6)39(47)23-29(51-37(46)41-39)25(2)36-38(3,53-36)31(52-34(45)16-11-10-15-33(44)50-17-18-54(7,8)9)22-32(43)42(4)27-20-26(19-24)21-28(48-5)35(27)40/h12-14,20-21,25,29-31,36,47H,10-11,15-19,22-23H2,1-9H3,(H,41,46)/b14-12+,24-13+/t25-,29+,30-,31+,36+,38+,39+/m1/s1. The van der Waals surface area contributed by atoms with Crippen molar-refractivity contribution in [2.75, 3.05) is 32.8 Å². The summed E-state index contributed by atoms with van der Waals surface area (Å²) in [5, 5.41) is 14.5. The van der Waals surface area contributed by atoms with Gasteiger partial charge in [0.1, 0.15) is 34.7 Å². The predicted molar refractivity (Wildman–Crippen MR) is 206 cm³/mol. The second-order valence-electron chi connectivity index (χ2n) is 16.0. The van der Waals surface area contributed by atoms with Crippen molar-refractivity contribution in [2.45, 2.75) is 127 Å². The summed E-state index contributed by atoms with van der Waals surface area (Å²) in [6.07, 6.45) is 2.29. The quantitative estimate of drug-likeness (QED) is 0.0875. The summed E-state index contributed by atoms with van der Waals surface area (Å²) in [4.78, 5) is 53.9. The summed E-state index contributed by atoms with van der Waals surface area (Å²) < 4.78 is 34.5. The van der Waals surface area contributed by atoms with E-state index in [0.29, 0.717) is 37.3 Å². The van der Waals surface area contributed by atoms with Crippen LogP contribution in [0.5, 0.6) is 5.75 Å². The molecule has 2 fully saturated rings. The molecule has 13 nitrogen and oxygen atoms in total. The molecule has 0 aromatic heterocycles. The molecule has 3 aliphatic rings. The number of esters is 2. The van der Waals surface area contributed by atoms with E-state index in [-0.39, 0.29) is 36.7 Å². The van der Waals surface area contributed by atoms with Crippen molar-refractivity contribution in [3.8, 4) is 5.75 Å². The van der Waals surface area contributed by atoms with Crippen molar-refractivity contribution in [1.29, 1.82) is 0 Å². The zero-order chi connectivity index (χ0) is 40.0. The average molecular weight is 793 g/mol. The Bertz CT molecular complexity index is 1610. The first-order chi connectivity index (χ1) is 25.3. The zero-order valence-corrected chi connectivity index (χ0v) is 34.7. The van der Waals surface area contributed by atoms with Crippen LogP contribution in [0.4, 0.5) is 10.5 Å². The van der Waals surface area contributed by atoms with Gasteiger partial charge in [-0.15, -0.1) is 0 Å². The number of rotatable bonds is 11. The van der Waals surface area contributed by atoms with Crippen LogP contribution in [0, 0.1) is 5.92 Å². The molecule has 0 spiro atoms. The van der Waals surface area contributed by atoms with Gasteiger partial charge in [-0.3, -0.25) is 19.7 Å². The molecule has 3 aliphatic heterocycles. The molecule has 4 bridgehead atoms. The van der Waals surface area contributed by atoms with Gasteiger partial charge in [-0.2, -0.15) is 0 Å². The Morgan fingerprint density at radius 2 is 1.81 bits per heavy atom. The van der Waals surface area contributed by atoms with Gasteiger partial charge < -0.3 is 38.4 Å². The maximum atomic E-state index is 14.1. The lowest BCUT2D eigenvalue weighted by atomic mass is 9.83. The summed E-state index contributed by atoms with van der Waals surface area (Å²) in [6, 6.07) is 4.50. The highest BCUT2D eigenvalue weighted by molar-refractivity contribution is 6.76. The summed E-state index contributed by atoms with van der Waals surface area (Å²) in [6.45, 7) is 12.5. The smallest absolute Gasteiger partial charge is 0.409 e. The fourth-order valence-electron chi connectivity index (χ4n) is 6.90. The molecule has 0 radical (unpaired) electrons. The Morgan fingerprint density at radius 3 is 2.46 bits per heavy atom. The molecule has 54 heavy (non-hydrogen) atoms. The van der Waals surface area contributed by atoms with Gasteiger partial charge in [0.15, 0.2) is 5.72 Å². The lowest BCUT2D eigenvalue weighted by molar-refractivity contribution is -0.154. The highest BCUT2D eigenvalue weighted by atomic mass is 35.5. The fraction of sp³-hybridized carbons (Fsp3) is 0.641. The van der Waals surface area contributed by atoms with Crippen LogP contribution in [-0.2, 0) is 44.5 Å².